The van der Waals surface area contributed by atoms with Crippen LogP contribution >= 0.6 is 0 Å². The van der Waals surface area contributed by atoms with Gasteiger partial charge in [-0.2, -0.15) is 5.26 Å². The van der Waals surface area contributed by atoms with E-state index >= 15 is 0 Å². The number of anilines is 1. The van der Waals surface area contributed by atoms with Crippen LogP contribution in [0.3, 0.4) is 0 Å². The van der Waals surface area contributed by atoms with Crippen LogP contribution in [-0.2, 0) is 13.0 Å². The number of rotatable bonds is 4. The van der Waals surface area contributed by atoms with Gasteiger partial charge in [-0.3, -0.25) is 0 Å². The Kier molecular flexibility index (Phi) is 3.92. The highest BCUT2D eigenvalue weighted by molar-refractivity contribution is 5.51. The monoisotopic (exact) mass is 280 g/mol. The third-order valence-electron chi connectivity index (χ3n) is 3.37. The summed E-state index contributed by atoms with van der Waals surface area (Å²) in [6, 6.07) is 16.0. The van der Waals surface area contributed by atoms with E-state index in [9.17, 15) is 0 Å². The number of hydrogen-bond donors (Lipinski definition) is 1. The molecule has 0 saturated carbocycles. The van der Waals surface area contributed by atoms with E-state index in [2.05, 4.69) is 11.4 Å². The van der Waals surface area contributed by atoms with Crippen molar-refractivity contribution in [2.45, 2.75) is 13.0 Å². The molecule has 1 aliphatic heterocycles. The summed E-state index contributed by atoms with van der Waals surface area (Å²) in [5, 5.41) is 12.0. The van der Waals surface area contributed by atoms with Crippen molar-refractivity contribution in [3.8, 4) is 17.6 Å². The lowest BCUT2D eigenvalue weighted by Crippen LogP contribution is -2.17. The number of ether oxygens (including phenoxy) is 2. The van der Waals surface area contributed by atoms with Gasteiger partial charge in [0, 0.05) is 17.8 Å². The number of nitriles is 1. The summed E-state index contributed by atoms with van der Waals surface area (Å²) in [6.07, 6.45) is 0.442. The minimum absolute atomic E-state index is 0.442. The molecule has 0 unspecified atom stereocenters. The molecule has 0 atom stereocenters. The maximum Gasteiger partial charge on any atom is 0.166 e. The maximum atomic E-state index is 8.66. The molecular formula is C17H16N2O2. The zero-order valence-electron chi connectivity index (χ0n) is 11.6. The van der Waals surface area contributed by atoms with Crippen LogP contribution in [0.2, 0.25) is 0 Å². The predicted molar refractivity (Wildman–Crippen MR) is 80.5 cm³/mol. The molecule has 106 valence electrons. The van der Waals surface area contributed by atoms with E-state index in [4.69, 9.17) is 14.7 Å². The van der Waals surface area contributed by atoms with Crippen molar-refractivity contribution in [1.29, 1.82) is 5.26 Å². The van der Waals surface area contributed by atoms with Crippen molar-refractivity contribution in [3.05, 3.63) is 53.6 Å². The minimum Gasteiger partial charge on any atom is -0.486 e. The number of nitrogens with one attached hydrogen (secondary N) is 1. The van der Waals surface area contributed by atoms with Gasteiger partial charge in [-0.05, 0) is 23.8 Å². The summed E-state index contributed by atoms with van der Waals surface area (Å²) >= 11 is 0. The molecule has 2 aromatic rings. The van der Waals surface area contributed by atoms with E-state index in [1.807, 2.05) is 42.5 Å². The van der Waals surface area contributed by atoms with Crippen LogP contribution in [0.1, 0.15) is 11.1 Å². The highest BCUT2D eigenvalue weighted by Crippen LogP contribution is 2.33. The second-order valence-electron chi connectivity index (χ2n) is 4.83. The third-order valence-corrected chi connectivity index (χ3v) is 3.37. The lowest BCUT2D eigenvalue weighted by molar-refractivity contribution is 0.170. The van der Waals surface area contributed by atoms with E-state index in [0.29, 0.717) is 26.2 Å². The van der Waals surface area contributed by atoms with Gasteiger partial charge in [-0.25, -0.2) is 0 Å². The Morgan fingerprint density at radius 3 is 2.67 bits per heavy atom. The number of nitrogens with zero attached hydrogens (tertiary/aromatic N) is 1. The summed E-state index contributed by atoms with van der Waals surface area (Å²) in [5.41, 5.74) is 3.12. The largest absolute Gasteiger partial charge is 0.486 e. The Balaban J connectivity index is 1.69. The van der Waals surface area contributed by atoms with E-state index in [0.717, 1.165) is 28.3 Å². The first-order valence-electron chi connectivity index (χ1n) is 6.94. The molecule has 0 aliphatic carbocycles. The van der Waals surface area contributed by atoms with Crippen LogP contribution in [0.25, 0.3) is 0 Å². The molecule has 0 spiro atoms. The van der Waals surface area contributed by atoms with Gasteiger partial charge in [-0.1, -0.05) is 24.3 Å². The number of fused-ring (bicyclic) bond motifs is 1. The standard InChI is InChI=1S/C17H16N2O2/c18-9-8-13-4-6-15(7-5-13)19-12-14-2-1-3-16-17(14)21-11-10-20-16/h1-7,19H,8,10-12H2. The molecule has 21 heavy (non-hydrogen) atoms. The van der Waals surface area contributed by atoms with E-state index in [1.165, 1.54) is 0 Å². The van der Waals surface area contributed by atoms with Crippen molar-refractivity contribution in [2.75, 3.05) is 18.5 Å². The van der Waals surface area contributed by atoms with Gasteiger partial charge in [0.05, 0.1) is 12.5 Å². The Morgan fingerprint density at radius 1 is 1.05 bits per heavy atom. The summed E-state index contributed by atoms with van der Waals surface area (Å²) < 4.78 is 11.3. The predicted octanol–water partition coefficient (Wildman–Crippen LogP) is 3.14. The summed E-state index contributed by atoms with van der Waals surface area (Å²) in [4.78, 5) is 0. The molecule has 1 aliphatic rings. The van der Waals surface area contributed by atoms with Crippen LogP contribution in [0.5, 0.6) is 11.5 Å². The van der Waals surface area contributed by atoms with Crippen LogP contribution in [0.4, 0.5) is 5.69 Å². The van der Waals surface area contributed by atoms with Crippen molar-refractivity contribution in [3.63, 3.8) is 0 Å². The molecule has 2 aromatic carbocycles. The van der Waals surface area contributed by atoms with Crippen LogP contribution in [0, 0.1) is 11.3 Å². The van der Waals surface area contributed by atoms with E-state index in [1.54, 1.807) is 0 Å². The van der Waals surface area contributed by atoms with Gasteiger partial charge in [0.2, 0.25) is 0 Å². The fourth-order valence-corrected chi connectivity index (χ4v) is 2.30. The maximum absolute atomic E-state index is 8.66. The summed E-state index contributed by atoms with van der Waals surface area (Å²) in [6.45, 7) is 1.86. The average molecular weight is 280 g/mol. The Morgan fingerprint density at radius 2 is 1.86 bits per heavy atom. The van der Waals surface area contributed by atoms with Gasteiger partial charge in [0.15, 0.2) is 11.5 Å². The number of hydrogen-bond acceptors (Lipinski definition) is 4. The Bertz CT molecular complexity index is 659. The first kappa shape index (κ1) is 13.3. The number of benzene rings is 2. The van der Waals surface area contributed by atoms with Gasteiger partial charge < -0.3 is 14.8 Å². The molecule has 4 heteroatoms. The summed E-state index contributed by atoms with van der Waals surface area (Å²) in [7, 11) is 0. The molecule has 0 amide bonds. The van der Waals surface area contributed by atoms with Gasteiger partial charge in [-0.15, -0.1) is 0 Å². The zero-order valence-corrected chi connectivity index (χ0v) is 11.6. The van der Waals surface area contributed by atoms with Gasteiger partial charge in [0.1, 0.15) is 13.2 Å². The molecule has 0 saturated heterocycles. The summed E-state index contributed by atoms with van der Waals surface area (Å²) in [5.74, 6) is 1.64. The van der Waals surface area contributed by atoms with Gasteiger partial charge in [0.25, 0.3) is 0 Å². The Hall–Kier alpha value is -2.67. The minimum atomic E-state index is 0.442. The normalized spacial score (nSPS) is 12.5. The zero-order chi connectivity index (χ0) is 14.5. The molecule has 0 fully saturated rings. The molecule has 1 heterocycles. The number of para-hydroxylation sites is 1. The first-order chi connectivity index (χ1) is 10.4. The fraction of sp³-hybridized carbons (Fsp3) is 0.235. The lowest BCUT2D eigenvalue weighted by atomic mass is 10.1. The van der Waals surface area contributed by atoms with E-state index < -0.39 is 0 Å². The second-order valence-corrected chi connectivity index (χ2v) is 4.83. The Labute approximate surface area is 123 Å². The third kappa shape index (κ3) is 3.09. The van der Waals surface area contributed by atoms with Crippen LogP contribution < -0.4 is 14.8 Å². The second kappa shape index (κ2) is 6.19. The van der Waals surface area contributed by atoms with Crippen molar-refractivity contribution >= 4 is 5.69 Å². The molecular weight excluding hydrogens is 264 g/mol. The van der Waals surface area contributed by atoms with Crippen molar-refractivity contribution < 1.29 is 9.47 Å². The smallest absolute Gasteiger partial charge is 0.166 e. The molecule has 0 aromatic heterocycles. The van der Waals surface area contributed by atoms with Crippen LogP contribution in [0.15, 0.2) is 42.5 Å². The first-order valence-corrected chi connectivity index (χ1v) is 6.94. The highest BCUT2D eigenvalue weighted by atomic mass is 16.6. The average Bonchev–Trinajstić information content (AvgIpc) is 2.54. The van der Waals surface area contributed by atoms with E-state index in [-0.39, 0.29) is 0 Å². The molecule has 3 rings (SSSR count). The van der Waals surface area contributed by atoms with Crippen LogP contribution in [-0.4, -0.2) is 13.2 Å². The molecule has 1 N–H and O–H groups in total. The molecule has 4 nitrogen and oxygen atoms in total. The van der Waals surface area contributed by atoms with Crippen molar-refractivity contribution in [2.24, 2.45) is 0 Å². The lowest BCUT2D eigenvalue weighted by Gasteiger charge is -2.21. The SMILES string of the molecule is N#CCc1ccc(NCc2cccc3c2OCCO3)cc1. The van der Waals surface area contributed by atoms with Gasteiger partial charge >= 0.3 is 0 Å². The molecule has 0 radical (unpaired) electrons. The highest BCUT2D eigenvalue weighted by Gasteiger charge is 2.14. The van der Waals surface area contributed by atoms with Crippen molar-refractivity contribution in [1.82, 2.24) is 0 Å². The quantitative estimate of drug-likeness (QED) is 0.934. The molecule has 0 bridgehead atoms. The topological polar surface area (TPSA) is 54.3 Å². The fourth-order valence-electron chi connectivity index (χ4n) is 2.30.